The normalized spacial score (nSPS) is 17.1. The average Bonchev–Trinajstić information content (AvgIpc) is 3.49. The molecule has 1 atom stereocenters. The molecule has 0 aliphatic carbocycles. The van der Waals surface area contributed by atoms with E-state index in [1.165, 1.54) is 54.1 Å². The number of ether oxygens (including phenoxy) is 2. The highest BCUT2D eigenvalue weighted by molar-refractivity contribution is 7.89. The van der Waals surface area contributed by atoms with Gasteiger partial charge in [0, 0.05) is 6.54 Å². The fraction of sp³-hybridized carbons (Fsp3) is 0.348. The van der Waals surface area contributed by atoms with Crippen molar-refractivity contribution in [1.82, 2.24) is 8.87 Å². The van der Waals surface area contributed by atoms with Gasteiger partial charge in [0.15, 0.2) is 4.80 Å². The number of sulfonamides is 2. The van der Waals surface area contributed by atoms with Gasteiger partial charge in [-0.2, -0.15) is 9.30 Å². The van der Waals surface area contributed by atoms with Gasteiger partial charge in [-0.15, -0.1) is 0 Å². The lowest BCUT2D eigenvalue weighted by molar-refractivity contribution is -0.143. The number of fused-ring (bicyclic) bond motifs is 1. The number of benzene rings is 2. The number of nitrogens with two attached hydrogens (primary N) is 1. The zero-order valence-corrected chi connectivity index (χ0v) is 23.0. The second-order valence-electron chi connectivity index (χ2n) is 8.35. The number of rotatable bonds is 8. The maximum atomic E-state index is 13.3. The lowest BCUT2D eigenvalue weighted by Crippen LogP contribution is -2.40. The molecule has 12 nitrogen and oxygen atoms in total. The van der Waals surface area contributed by atoms with Gasteiger partial charge in [0.2, 0.25) is 20.0 Å². The fourth-order valence-corrected chi connectivity index (χ4v) is 7.47. The lowest BCUT2D eigenvalue weighted by Gasteiger charge is -2.21. The Morgan fingerprint density at radius 3 is 2.42 bits per heavy atom. The van der Waals surface area contributed by atoms with Crippen molar-refractivity contribution in [2.75, 3.05) is 20.3 Å². The van der Waals surface area contributed by atoms with Crippen LogP contribution in [0.25, 0.3) is 10.2 Å². The topological polar surface area (TPSA) is 167 Å². The first-order valence-electron chi connectivity index (χ1n) is 11.5. The molecule has 3 aromatic rings. The number of nitrogens with zero attached hydrogens (tertiary/aromatic N) is 3. The van der Waals surface area contributed by atoms with Gasteiger partial charge in [0.25, 0.3) is 5.91 Å². The maximum absolute atomic E-state index is 13.3. The zero-order valence-electron chi connectivity index (χ0n) is 20.6. The minimum atomic E-state index is -3.99. The Kier molecular flexibility index (Phi) is 8.04. The quantitative estimate of drug-likeness (QED) is 0.387. The van der Waals surface area contributed by atoms with E-state index in [1.54, 1.807) is 6.92 Å². The number of hydrogen-bond donors (Lipinski definition) is 1. The van der Waals surface area contributed by atoms with E-state index in [9.17, 15) is 26.4 Å². The van der Waals surface area contributed by atoms with Gasteiger partial charge < -0.3 is 14.0 Å². The van der Waals surface area contributed by atoms with Crippen LogP contribution in [0, 0.1) is 0 Å². The van der Waals surface area contributed by atoms with Crippen molar-refractivity contribution in [1.29, 1.82) is 0 Å². The summed E-state index contributed by atoms with van der Waals surface area (Å²) in [5.41, 5.74) is 0.441. The SMILES string of the molecule is CCOC(=O)Cn1c(=NC(=O)C2CCCN2S(=O)(=O)c2ccc(OC)cc2)sc2cc(S(N)(=O)=O)ccc21. The van der Waals surface area contributed by atoms with Gasteiger partial charge in [-0.1, -0.05) is 11.3 Å². The van der Waals surface area contributed by atoms with Crippen LogP contribution in [0.4, 0.5) is 0 Å². The molecule has 0 bridgehead atoms. The second-order valence-corrected chi connectivity index (χ2v) is 12.8. The van der Waals surface area contributed by atoms with Gasteiger partial charge in [-0.3, -0.25) is 9.59 Å². The van der Waals surface area contributed by atoms with Crippen LogP contribution in [-0.4, -0.2) is 63.9 Å². The van der Waals surface area contributed by atoms with Crippen molar-refractivity contribution < 1.29 is 35.9 Å². The van der Waals surface area contributed by atoms with Gasteiger partial charge in [0.1, 0.15) is 18.3 Å². The number of amides is 1. The van der Waals surface area contributed by atoms with Crippen LogP contribution in [0.1, 0.15) is 19.8 Å². The Hall–Kier alpha value is -3.11. The van der Waals surface area contributed by atoms with E-state index in [-0.39, 0.29) is 40.7 Å². The summed E-state index contributed by atoms with van der Waals surface area (Å²) in [6.07, 6.45) is 0.740. The second kappa shape index (κ2) is 10.9. The summed E-state index contributed by atoms with van der Waals surface area (Å²) in [6, 6.07) is 8.91. The number of primary sulfonamides is 1. The Morgan fingerprint density at radius 1 is 1.11 bits per heavy atom. The van der Waals surface area contributed by atoms with E-state index in [0.717, 1.165) is 15.6 Å². The summed E-state index contributed by atoms with van der Waals surface area (Å²) >= 11 is 0.976. The maximum Gasteiger partial charge on any atom is 0.326 e. The van der Waals surface area contributed by atoms with Crippen molar-refractivity contribution in [2.24, 2.45) is 10.1 Å². The molecular weight excluding hydrogens is 556 g/mol. The molecule has 2 N–H and O–H groups in total. The van der Waals surface area contributed by atoms with Gasteiger partial charge in [-0.05, 0) is 62.2 Å². The molecule has 38 heavy (non-hydrogen) atoms. The van der Waals surface area contributed by atoms with Crippen molar-refractivity contribution in [3.8, 4) is 5.75 Å². The molecule has 1 aliphatic heterocycles. The molecule has 0 spiro atoms. The first kappa shape index (κ1) is 27.9. The Labute approximate surface area is 223 Å². The third-order valence-electron chi connectivity index (χ3n) is 5.94. The molecule has 1 fully saturated rings. The van der Waals surface area contributed by atoms with E-state index in [2.05, 4.69) is 4.99 Å². The molecule has 2 aromatic carbocycles. The molecule has 1 aliphatic rings. The summed E-state index contributed by atoms with van der Waals surface area (Å²) in [6.45, 7) is 1.66. The summed E-state index contributed by atoms with van der Waals surface area (Å²) < 4.78 is 63.4. The lowest BCUT2D eigenvalue weighted by atomic mass is 10.2. The monoisotopic (exact) mass is 582 g/mol. The highest BCUT2D eigenvalue weighted by atomic mass is 32.2. The van der Waals surface area contributed by atoms with Crippen molar-refractivity contribution >= 4 is 53.5 Å². The van der Waals surface area contributed by atoms with Gasteiger partial charge >= 0.3 is 5.97 Å². The largest absolute Gasteiger partial charge is 0.497 e. The highest BCUT2D eigenvalue weighted by Gasteiger charge is 2.39. The standard InChI is InChI=1S/C23H26N4O8S3/c1-3-35-21(28)14-26-18-11-10-17(37(24,30)31)13-20(18)36-23(26)25-22(29)19-5-4-12-27(19)38(32,33)16-8-6-15(34-2)7-9-16/h6-11,13,19H,3-5,12,14H2,1-2H3,(H2,24,30,31). The molecule has 15 heteroatoms. The van der Waals surface area contributed by atoms with Gasteiger partial charge in [-0.25, -0.2) is 22.0 Å². The Balaban J connectivity index is 1.75. The number of thiazole rings is 1. The van der Waals surface area contributed by atoms with Crippen LogP contribution in [0.2, 0.25) is 0 Å². The van der Waals surface area contributed by atoms with Crippen LogP contribution in [0.15, 0.2) is 57.2 Å². The number of hydrogen-bond acceptors (Lipinski definition) is 9. The van der Waals surface area contributed by atoms with Crippen LogP contribution in [0.3, 0.4) is 0 Å². The molecule has 204 valence electrons. The molecule has 1 amide bonds. The fourth-order valence-electron chi connectivity index (χ4n) is 4.13. The van der Waals surface area contributed by atoms with Crippen molar-refractivity contribution in [3.63, 3.8) is 0 Å². The molecule has 4 rings (SSSR count). The van der Waals surface area contributed by atoms with Gasteiger partial charge in [0.05, 0.1) is 33.7 Å². The summed E-state index contributed by atoms with van der Waals surface area (Å²) in [5, 5.41) is 5.25. The zero-order chi connectivity index (χ0) is 27.7. The van der Waals surface area contributed by atoms with E-state index in [1.807, 2.05) is 0 Å². The van der Waals surface area contributed by atoms with Crippen LogP contribution >= 0.6 is 11.3 Å². The van der Waals surface area contributed by atoms with Crippen LogP contribution in [0.5, 0.6) is 5.75 Å². The van der Waals surface area contributed by atoms with Crippen LogP contribution in [-0.2, 0) is 40.9 Å². The summed E-state index contributed by atoms with van der Waals surface area (Å²) in [4.78, 5) is 29.8. The summed E-state index contributed by atoms with van der Waals surface area (Å²) in [5.74, 6) is -0.786. The molecule has 1 aromatic heterocycles. The van der Waals surface area contributed by atoms with E-state index < -0.39 is 38.0 Å². The Bertz CT molecular complexity index is 1660. The molecule has 1 saturated heterocycles. The number of methoxy groups -OCH3 is 1. The third kappa shape index (κ3) is 5.66. The number of carbonyl (C=O) groups excluding carboxylic acids is 2. The van der Waals surface area contributed by atoms with E-state index >= 15 is 0 Å². The first-order chi connectivity index (χ1) is 18.0. The molecule has 2 heterocycles. The number of carbonyl (C=O) groups is 2. The predicted molar refractivity (Wildman–Crippen MR) is 138 cm³/mol. The molecule has 0 radical (unpaired) electrons. The predicted octanol–water partition coefficient (Wildman–Crippen LogP) is 1.20. The first-order valence-corrected chi connectivity index (χ1v) is 15.3. The number of esters is 1. The minimum absolute atomic E-state index is 0.0211. The van der Waals surface area contributed by atoms with Crippen molar-refractivity contribution in [2.45, 2.75) is 42.1 Å². The minimum Gasteiger partial charge on any atom is -0.497 e. The van der Waals surface area contributed by atoms with Crippen LogP contribution < -0.4 is 14.7 Å². The van der Waals surface area contributed by atoms with E-state index in [4.69, 9.17) is 14.6 Å². The highest BCUT2D eigenvalue weighted by Crippen LogP contribution is 2.28. The molecule has 0 saturated carbocycles. The molecular formula is C23H26N4O8S3. The number of aromatic nitrogens is 1. The smallest absolute Gasteiger partial charge is 0.326 e. The third-order valence-corrected chi connectivity index (χ3v) is 9.81. The average molecular weight is 583 g/mol. The Morgan fingerprint density at radius 2 is 1.79 bits per heavy atom. The van der Waals surface area contributed by atoms with Crippen molar-refractivity contribution in [3.05, 3.63) is 47.3 Å². The molecule has 1 unspecified atom stereocenters. The van der Waals surface area contributed by atoms with E-state index in [0.29, 0.717) is 22.4 Å². The summed E-state index contributed by atoms with van der Waals surface area (Å²) in [7, 11) is -6.52.